The van der Waals surface area contributed by atoms with Crippen molar-refractivity contribution in [3.63, 3.8) is 0 Å². The van der Waals surface area contributed by atoms with Gasteiger partial charge < -0.3 is 9.72 Å². The van der Waals surface area contributed by atoms with Crippen LogP contribution in [0, 0.1) is 5.92 Å². The fourth-order valence-corrected chi connectivity index (χ4v) is 1.73. The Kier molecular flexibility index (Phi) is 3.89. The van der Waals surface area contributed by atoms with Gasteiger partial charge in [-0.15, -0.1) is 0 Å². The summed E-state index contributed by atoms with van der Waals surface area (Å²) >= 11 is 0. The number of hydrogen-bond donors (Lipinski definition) is 1. The van der Waals surface area contributed by atoms with Crippen molar-refractivity contribution in [3.05, 3.63) is 34.5 Å². The summed E-state index contributed by atoms with van der Waals surface area (Å²) in [5.41, 5.74) is 1.11. The third-order valence-electron chi connectivity index (χ3n) is 2.51. The van der Waals surface area contributed by atoms with Crippen LogP contribution in [0.2, 0.25) is 0 Å². The topological polar surface area (TPSA) is 80.8 Å². The second kappa shape index (κ2) is 5.60. The minimum absolute atomic E-state index is 0.182. The summed E-state index contributed by atoms with van der Waals surface area (Å²) < 4.78 is 5.03. The van der Waals surface area contributed by atoms with E-state index in [0.29, 0.717) is 23.3 Å². The third-order valence-corrected chi connectivity index (χ3v) is 2.51. The number of ether oxygens (including phenoxy) is 1. The Morgan fingerprint density at radius 3 is 2.79 bits per heavy atom. The fraction of sp³-hybridized carbons (Fsp3) is 0.385. The number of methoxy groups -OCH3 is 1. The lowest BCUT2D eigenvalue weighted by atomic mass is 10.1. The zero-order chi connectivity index (χ0) is 13.8. The highest BCUT2D eigenvalue weighted by Gasteiger charge is 2.08. The van der Waals surface area contributed by atoms with Gasteiger partial charge in [-0.3, -0.25) is 4.79 Å². The van der Waals surface area contributed by atoms with Crippen LogP contribution >= 0.6 is 0 Å². The molecule has 0 amide bonds. The molecular weight excluding hydrogens is 244 g/mol. The lowest BCUT2D eigenvalue weighted by Gasteiger charge is -2.06. The summed E-state index contributed by atoms with van der Waals surface area (Å²) in [4.78, 5) is 26.8. The molecule has 0 aliphatic rings. The largest absolute Gasteiger partial charge is 0.481 e. The average molecular weight is 260 g/mol. The van der Waals surface area contributed by atoms with Gasteiger partial charge in [0.15, 0.2) is 5.82 Å². The molecule has 1 N–H and O–H groups in total. The van der Waals surface area contributed by atoms with Crippen LogP contribution < -0.4 is 10.3 Å². The van der Waals surface area contributed by atoms with E-state index >= 15 is 0 Å². The maximum atomic E-state index is 11.7. The summed E-state index contributed by atoms with van der Waals surface area (Å²) in [5.74, 6) is 1.30. The molecule has 0 aliphatic heterocycles. The van der Waals surface area contributed by atoms with E-state index in [1.54, 1.807) is 6.07 Å². The number of H-pyrrole nitrogens is 1. The highest BCUT2D eigenvalue weighted by Crippen LogP contribution is 2.15. The molecule has 0 unspecified atom stereocenters. The first kappa shape index (κ1) is 13.2. The van der Waals surface area contributed by atoms with Crippen LogP contribution in [0.15, 0.2) is 23.3 Å². The average Bonchev–Trinajstić information content (AvgIpc) is 2.37. The first-order valence-electron chi connectivity index (χ1n) is 6.05. The number of aromatic amines is 1. The molecular formula is C13H16N4O2. The molecule has 0 fully saturated rings. The van der Waals surface area contributed by atoms with Gasteiger partial charge in [-0.25, -0.2) is 15.0 Å². The molecule has 100 valence electrons. The predicted molar refractivity (Wildman–Crippen MR) is 71.0 cm³/mol. The van der Waals surface area contributed by atoms with E-state index in [2.05, 4.69) is 33.8 Å². The van der Waals surface area contributed by atoms with Gasteiger partial charge in [-0.2, -0.15) is 0 Å². The van der Waals surface area contributed by atoms with E-state index in [4.69, 9.17) is 4.74 Å². The van der Waals surface area contributed by atoms with E-state index < -0.39 is 0 Å². The van der Waals surface area contributed by atoms with Crippen molar-refractivity contribution in [3.8, 4) is 17.4 Å². The van der Waals surface area contributed by atoms with Crippen LogP contribution in [0.4, 0.5) is 0 Å². The Labute approximate surface area is 110 Å². The van der Waals surface area contributed by atoms with Crippen LogP contribution in [0.25, 0.3) is 11.5 Å². The summed E-state index contributed by atoms with van der Waals surface area (Å²) in [5, 5.41) is 0. The van der Waals surface area contributed by atoms with E-state index in [1.165, 1.54) is 19.5 Å². The van der Waals surface area contributed by atoms with Crippen molar-refractivity contribution in [2.45, 2.75) is 20.3 Å². The van der Waals surface area contributed by atoms with Gasteiger partial charge in [0, 0.05) is 17.8 Å². The highest BCUT2D eigenvalue weighted by atomic mass is 16.5. The number of hydrogen-bond acceptors (Lipinski definition) is 5. The van der Waals surface area contributed by atoms with Crippen molar-refractivity contribution >= 4 is 0 Å². The lowest BCUT2D eigenvalue weighted by molar-refractivity contribution is 0.397. The monoisotopic (exact) mass is 260 g/mol. The molecule has 0 spiro atoms. The SMILES string of the molecule is COc1cc(-c2nc(CC(C)C)cc(=O)[nH]2)ncn1. The lowest BCUT2D eigenvalue weighted by Crippen LogP contribution is -2.12. The predicted octanol–water partition coefficient (Wildman–Crippen LogP) is 1.43. The number of nitrogens with zero attached hydrogens (tertiary/aromatic N) is 3. The molecule has 0 radical (unpaired) electrons. The van der Waals surface area contributed by atoms with E-state index in [9.17, 15) is 4.79 Å². The molecule has 0 atom stereocenters. The van der Waals surface area contributed by atoms with Crippen LogP contribution in [-0.4, -0.2) is 27.0 Å². The molecule has 6 heteroatoms. The van der Waals surface area contributed by atoms with Crippen molar-refractivity contribution in [1.29, 1.82) is 0 Å². The van der Waals surface area contributed by atoms with Gasteiger partial charge in [0.2, 0.25) is 5.88 Å². The molecule has 0 aromatic carbocycles. The van der Waals surface area contributed by atoms with Crippen molar-refractivity contribution < 1.29 is 4.74 Å². The van der Waals surface area contributed by atoms with Crippen LogP contribution in [0.5, 0.6) is 5.88 Å². The summed E-state index contributed by atoms with van der Waals surface area (Å²) in [7, 11) is 1.53. The summed E-state index contributed by atoms with van der Waals surface area (Å²) in [6.45, 7) is 4.16. The molecule has 0 bridgehead atoms. The first-order valence-corrected chi connectivity index (χ1v) is 6.05. The molecule has 6 nitrogen and oxygen atoms in total. The van der Waals surface area contributed by atoms with Gasteiger partial charge in [0.1, 0.15) is 12.0 Å². The summed E-state index contributed by atoms with van der Waals surface area (Å²) in [6.07, 6.45) is 2.13. The van der Waals surface area contributed by atoms with E-state index in [1.807, 2.05) is 0 Å². The van der Waals surface area contributed by atoms with Gasteiger partial charge in [0.05, 0.1) is 7.11 Å². The quantitative estimate of drug-likeness (QED) is 0.899. The Bertz CT molecular complexity index is 622. The fourth-order valence-electron chi connectivity index (χ4n) is 1.73. The Morgan fingerprint density at radius 1 is 1.32 bits per heavy atom. The van der Waals surface area contributed by atoms with E-state index in [0.717, 1.165) is 12.1 Å². The number of rotatable bonds is 4. The standard InChI is InChI=1S/C13H16N4O2/c1-8(2)4-9-5-11(18)17-13(16-9)10-6-12(19-3)15-7-14-10/h5-8H,4H2,1-3H3,(H,16,17,18). The smallest absolute Gasteiger partial charge is 0.251 e. The van der Waals surface area contributed by atoms with Gasteiger partial charge >= 0.3 is 0 Å². The molecule has 19 heavy (non-hydrogen) atoms. The van der Waals surface area contributed by atoms with Crippen LogP contribution in [0.3, 0.4) is 0 Å². The van der Waals surface area contributed by atoms with Crippen molar-refractivity contribution in [2.75, 3.05) is 7.11 Å². The zero-order valence-electron chi connectivity index (χ0n) is 11.2. The molecule has 2 aromatic heterocycles. The normalized spacial score (nSPS) is 10.7. The van der Waals surface area contributed by atoms with Crippen molar-refractivity contribution in [1.82, 2.24) is 19.9 Å². The van der Waals surface area contributed by atoms with Crippen molar-refractivity contribution in [2.24, 2.45) is 5.92 Å². The number of aromatic nitrogens is 4. The second-order valence-corrected chi connectivity index (χ2v) is 4.63. The minimum atomic E-state index is -0.182. The maximum absolute atomic E-state index is 11.7. The number of nitrogens with one attached hydrogen (secondary N) is 1. The van der Waals surface area contributed by atoms with Gasteiger partial charge in [0.25, 0.3) is 5.56 Å². The molecule has 0 saturated heterocycles. The Balaban J connectivity index is 2.43. The zero-order valence-corrected chi connectivity index (χ0v) is 11.2. The Hall–Kier alpha value is -2.24. The Morgan fingerprint density at radius 2 is 2.11 bits per heavy atom. The van der Waals surface area contributed by atoms with E-state index in [-0.39, 0.29) is 5.56 Å². The molecule has 0 aliphatic carbocycles. The second-order valence-electron chi connectivity index (χ2n) is 4.63. The molecule has 0 saturated carbocycles. The van der Waals surface area contributed by atoms with Gasteiger partial charge in [-0.05, 0) is 12.3 Å². The maximum Gasteiger partial charge on any atom is 0.251 e. The molecule has 2 rings (SSSR count). The highest BCUT2D eigenvalue weighted by molar-refractivity contribution is 5.49. The van der Waals surface area contributed by atoms with Gasteiger partial charge in [-0.1, -0.05) is 13.8 Å². The summed E-state index contributed by atoms with van der Waals surface area (Å²) in [6, 6.07) is 3.15. The van der Waals surface area contributed by atoms with Crippen LogP contribution in [-0.2, 0) is 6.42 Å². The first-order chi connectivity index (χ1) is 9.08. The third kappa shape index (κ3) is 3.37. The van der Waals surface area contributed by atoms with Crippen LogP contribution in [0.1, 0.15) is 19.5 Å². The molecule has 2 aromatic rings. The minimum Gasteiger partial charge on any atom is -0.481 e. The molecule has 2 heterocycles.